The number of nitrogens with zero attached hydrogens (tertiary/aromatic N) is 1. The minimum Gasteiger partial charge on any atom is -0.463 e. The molecule has 0 amide bonds. The summed E-state index contributed by atoms with van der Waals surface area (Å²) in [5, 5.41) is 0.759. The Hall–Kier alpha value is -0.150. The van der Waals surface area contributed by atoms with E-state index in [0.717, 1.165) is 9.50 Å². The van der Waals surface area contributed by atoms with E-state index >= 15 is 0 Å². The Morgan fingerprint density at radius 2 is 1.90 bits per heavy atom. The van der Waals surface area contributed by atoms with Crippen LogP contribution in [-0.4, -0.2) is 49.7 Å². The minimum atomic E-state index is -0.283. The van der Waals surface area contributed by atoms with E-state index in [1.165, 1.54) is 11.8 Å². The van der Waals surface area contributed by atoms with Gasteiger partial charge in [0.15, 0.2) is 0 Å². The van der Waals surface area contributed by atoms with Crippen molar-refractivity contribution in [2.75, 3.05) is 38.8 Å². The summed E-state index contributed by atoms with van der Waals surface area (Å²) in [4.78, 5) is 15.8. The molecule has 0 fully saturated rings. The van der Waals surface area contributed by atoms with E-state index in [0.29, 0.717) is 31.0 Å². The Morgan fingerprint density at radius 3 is 2.62 bits per heavy atom. The standard InChI is InChI=1S/C13H17Br2NO4S/c1-2-18-5-6-19-7-8-20-12(17)9-21-11-4-3-10(14)13(15)16-11/h3-4H,2,5-9H2,1H3. The highest BCUT2D eigenvalue weighted by atomic mass is 79.9. The molecule has 0 saturated heterocycles. The topological polar surface area (TPSA) is 57.7 Å². The van der Waals surface area contributed by atoms with Gasteiger partial charge in [0, 0.05) is 6.61 Å². The molecule has 0 radical (unpaired) electrons. The number of ether oxygens (including phenoxy) is 3. The summed E-state index contributed by atoms with van der Waals surface area (Å²) in [6, 6.07) is 3.71. The Kier molecular flexibility index (Phi) is 10.3. The second kappa shape index (κ2) is 11.4. The van der Waals surface area contributed by atoms with E-state index in [1.807, 2.05) is 19.1 Å². The van der Waals surface area contributed by atoms with Crippen LogP contribution in [0.25, 0.3) is 0 Å². The molecular weight excluding hydrogens is 426 g/mol. The molecule has 5 nitrogen and oxygen atoms in total. The van der Waals surface area contributed by atoms with Crippen LogP contribution in [0.4, 0.5) is 0 Å². The normalized spacial score (nSPS) is 10.6. The van der Waals surface area contributed by atoms with Crippen LogP contribution in [-0.2, 0) is 19.0 Å². The van der Waals surface area contributed by atoms with E-state index in [4.69, 9.17) is 14.2 Å². The van der Waals surface area contributed by atoms with Crippen molar-refractivity contribution >= 4 is 49.6 Å². The van der Waals surface area contributed by atoms with Gasteiger partial charge in [0.05, 0.1) is 35.1 Å². The fourth-order valence-electron chi connectivity index (χ4n) is 1.23. The van der Waals surface area contributed by atoms with Crippen LogP contribution in [0.15, 0.2) is 26.2 Å². The van der Waals surface area contributed by atoms with Crippen LogP contribution in [0.3, 0.4) is 0 Å². The Balaban J connectivity index is 2.09. The second-order valence-electron chi connectivity index (χ2n) is 3.74. The Labute approximate surface area is 145 Å². The molecule has 0 N–H and O–H groups in total. The molecule has 0 aliphatic heterocycles. The molecule has 0 unspecified atom stereocenters. The van der Waals surface area contributed by atoms with Crippen molar-refractivity contribution in [2.24, 2.45) is 0 Å². The first-order chi connectivity index (χ1) is 10.1. The number of pyridine rings is 1. The van der Waals surface area contributed by atoms with Crippen molar-refractivity contribution in [1.82, 2.24) is 4.98 Å². The maximum absolute atomic E-state index is 11.5. The number of hydrogen-bond donors (Lipinski definition) is 0. The van der Waals surface area contributed by atoms with E-state index in [9.17, 15) is 4.79 Å². The quantitative estimate of drug-likeness (QED) is 0.240. The lowest BCUT2D eigenvalue weighted by atomic mass is 10.5. The number of carbonyl (C=O) groups is 1. The van der Waals surface area contributed by atoms with Gasteiger partial charge in [-0.3, -0.25) is 4.79 Å². The van der Waals surface area contributed by atoms with Crippen LogP contribution in [0.5, 0.6) is 0 Å². The van der Waals surface area contributed by atoms with Crippen LogP contribution in [0.1, 0.15) is 6.92 Å². The summed E-state index contributed by atoms with van der Waals surface area (Å²) in [6.07, 6.45) is 0. The third kappa shape index (κ3) is 8.77. The summed E-state index contributed by atoms with van der Waals surface area (Å²) >= 11 is 7.99. The number of carbonyl (C=O) groups excluding carboxylic acids is 1. The van der Waals surface area contributed by atoms with Crippen LogP contribution in [0, 0.1) is 0 Å². The maximum Gasteiger partial charge on any atom is 0.316 e. The first-order valence-electron chi connectivity index (χ1n) is 6.39. The lowest BCUT2D eigenvalue weighted by Crippen LogP contribution is -2.14. The van der Waals surface area contributed by atoms with Crippen LogP contribution < -0.4 is 0 Å². The molecule has 0 atom stereocenters. The van der Waals surface area contributed by atoms with Crippen LogP contribution >= 0.6 is 43.6 Å². The molecule has 21 heavy (non-hydrogen) atoms. The third-order valence-electron chi connectivity index (χ3n) is 2.18. The van der Waals surface area contributed by atoms with Crippen molar-refractivity contribution in [2.45, 2.75) is 11.9 Å². The van der Waals surface area contributed by atoms with Gasteiger partial charge >= 0.3 is 5.97 Å². The van der Waals surface area contributed by atoms with Crippen LogP contribution in [0.2, 0.25) is 0 Å². The van der Waals surface area contributed by atoms with Gasteiger partial charge < -0.3 is 14.2 Å². The molecule has 1 aromatic heterocycles. The number of aromatic nitrogens is 1. The molecule has 0 aromatic carbocycles. The van der Waals surface area contributed by atoms with E-state index in [2.05, 4.69) is 36.8 Å². The van der Waals surface area contributed by atoms with Gasteiger partial charge in [0.1, 0.15) is 11.2 Å². The summed E-state index contributed by atoms with van der Waals surface area (Å²) < 4.78 is 17.0. The summed E-state index contributed by atoms with van der Waals surface area (Å²) in [7, 11) is 0. The lowest BCUT2D eigenvalue weighted by Gasteiger charge is -2.06. The number of esters is 1. The fraction of sp³-hybridized carbons (Fsp3) is 0.538. The minimum absolute atomic E-state index is 0.222. The number of hydrogen-bond acceptors (Lipinski definition) is 6. The van der Waals surface area contributed by atoms with Gasteiger partial charge in [0.2, 0.25) is 0 Å². The Morgan fingerprint density at radius 1 is 1.19 bits per heavy atom. The van der Waals surface area contributed by atoms with Crippen molar-refractivity contribution in [3.63, 3.8) is 0 Å². The molecule has 118 valence electrons. The highest BCUT2D eigenvalue weighted by molar-refractivity contribution is 9.13. The zero-order valence-corrected chi connectivity index (χ0v) is 15.6. The predicted octanol–water partition coefficient (Wildman–Crippen LogP) is 3.30. The molecular formula is C13H17Br2NO4S. The number of thioether (sulfide) groups is 1. The van der Waals surface area contributed by atoms with E-state index in [1.54, 1.807) is 0 Å². The first-order valence-corrected chi connectivity index (χ1v) is 8.96. The molecule has 1 heterocycles. The Bertz CT molecular complexity index is 448. The highest BCUT2D eigenvalue weighted by Crippen LogP contribution is 2.24. The second-order valence-corrected chi connectivity index (χ2v) is 6.34. The molecule has 0 aliphatic carbocycles. The molecule has 0 saturated carbocycles. The van der Waals surface area contributed by atoms with Crippen molar-refractivity contribution in [1.29, 1.82) is 0 Å². The summed E-state index contributed by atoms with van der Waals surface area (Å²) in [6.45, 7) is 4.31. The molecule has 1 aromatic rings. The van der Waals surface area contributed by atoms with Gasteiger partial charge in [-0.15, -0.1) is 0 Å². The average Bonchev–Trinajstić information content (AvgIpc) is 2.47. The van der Waals surface area contributed by atoms with Gasteiger partial charge in [-0.05, 0) is 50.9 Å². The van der Waals surface area contributed by atoms with Gasteiger partial charge in [0.25, 0.3) is 0 Å². The van der Waals surface area contributed by atoms with Crippen molar-refractivity contribution < 1.29 is 19.0 Å². The summed E-state index contributed by atoms with van der Waals surface area (Å²) in [5.74, 6) is -0.0609. The molecule has 0 aliphatic rings. The van der Waals surface area contributed by atoms with Gasteiger partial charge in [-0.2, -0.15) is 0 Å². The van der Waals surface area contributed by atoms with Crippen molar-refractivity contribution in [3.05, 3.63) is 21.2 Å². The summed E-state index contributed by atoms with van der Waals surface area (Å²) in [5.41, 5.74) is 0. The zero-order valence-electron chi connectivity index (χ0n) is 11.6. The molecule has 8 heteroatoms. The average molecular weight is 443 g/mol. The highest BCUT2D eigenvalue weighted by Gasteiger charge is 2.06. The SMILES string of the molecule is CCOCCOCCOC(=O)CSc1ccc(Br)c(Br)n1. The van der Waals surface area contributed by atoms with Crippen molar-refractivity contribution in [3.8, 4) is 0 Å². The number of halogens is 2. The fourth-order valence-corrected chi connectivity index (χ4v) is 2.56. The molecule has 0 bridgehead atoms. The maximum atomic E-state index is 11.5. The van der Waals surface area contributed by atoms with E-state index < -0.39 is 0 Å². The zero-order chi connectivity index (χ0) is 15.5. The predicted molar refractivity (Wildman–Crippen MR) is 88.6 cm³/mol. The monoisotopic (exact) mass is 441 g/mol. The van der Waals surface area contributed by atoms with Gasteiger partial charge in [-0.1, -0.05) is 11.8 Å². The van der Waals surface area contributed by atoms with Gasteiger partial charge in [-0.25, -0.2) is 4.98 Å². The van der Waals surface area contributed by atoms with E-state index in [-0.39, 0.29) is 18.3 Å². The first kappa shape index (κ1) is 18.9. The largest absolute Gasteiger partial charge is 0.463 e. The molecule has 0 spiro atoms. The smallest absolute Gasteiger partial charge is 0.316 e. The third-order valence-corrected chi connectivity index (χ3v) is 4.86. The molecule has 1 rings (SSSR count). The lowest BCUT2D eigenvalue weighted by molar-refractivity contribution is -0.142. The number of rotatable bonds is 10.